The molecule has 0 aromatic carbocycles. The predicted molar refractivity (Wildman–Crippen MR) is 372 cm³/mol. The highest BCUT2D eigenvalue weighted by molar-refractivity contribution is 7.47. The first-order valence-corrected chi connectivity index (χ1v) is 40.7. The fraction of sp³-hybridized carbons (Fsp3) is 0.945. The summed E-state index contributed by atoms with van der Waals surface area (Å²) in [5, 5.41) is 10.6. The molecule has 0 spiro atoms. The number of phosphoric acid groups is 2. The van der Waals surface area contributed by atoms with Crippen LogP contribution in [0.2, 0.25) is 0 Å². The summed E-state index contributed by atoms with van der Waals surface area (Å²) >= 11 is 0. The summed E-state index contributed by atoms with van der Waals surface area (Å²) in [5.41, 5.74) is 0. The van der Waals surface area contributed by atoms with Crippen LogP contribution in [-0.2, 0) is 65.4 Å². The minimum atomic E-state index is -4.96. The lowest BCUT2D eigenvalue weighted by Crippen LogP contribution is -2.30. The number of hydrogen-bond acceptors (Lipinski definition) is 15. The highest BCUT2D eigenvalue weighted by atomic mass is 31.2. The van der Waals surface area contributed by atoms with Gasteiger partial charge in [0.05, 0.1) is 26.4 Å². The van der Waals surface area contributed by atoms with Gasteiger partial charge < -0.3 is 33.8 Å². The summed E-state index contributed by atoms with van der Waals surface area (Å²) in [6.45, 7) is 14.1. The zero-order valence-electron chi connectivity index (χ0n) is 60.2. The van der Waals surface area contributed by atoms with Crippen molar-refractivity contribution in [2.45, 2.75) is 382 Å². The van der Waals surface area contributed by atoms with Crippen molar-refractivity contribution in [2.24, 2.45) is 23.7 Å². The minimum Gasteiger partial charge on any atom is -0.462 e. The van der Waals surface area contributed by atoms with E-state index in [1.54, 1.807) is 0 Å². The molecule has 19 heteroatoms. The lowest BCUT2D eigenvalue weighted by Gasteiger charge is -2.21. The van der Waals surface area contributed by atoms with Crippen molar-refractivity contribution < 1.29 is 80.2 Å². The Morgan fingerprint density at radius 2 is 0.522 bits per heavy atom. The molecule has 0 heterocycles. The van der Waals surface area contributed by atoms with Gasteiger partial charge in [-0.2, -0.15) is 0 Å². The second kappa shape index (κ2) is 62.6. The van der Waals surface area contributed by atoms with Crippen LogP contribution in [0.1, 0.15) is 364 Å². The zero-order valence-corrected chi connectivity index (χ0v) is 62.0. The Bertz CT molecular complexity index is 1820. The van der Waals surface area contributed by atoms with Gasteiger partial charge in [0.15, 0.2) is 12.2 Å². The fourth-order valence-corrected chi connectivity index (χ4v) is 12.6. The Kier molecular flexibility index (Phi) is 61.3. The van der Waals surface area contributed by atoms with Crippen molar-refractivity contribution in [1.29, 1.82) is 0 Å². The molecule has 0 aliphatic heterocycles. The Hall–Kier alpha value is -1.94. The normalized spacial score (nSPS) is 14.5. The second-order valence-electron chi connectivity index (χ2n) is 28.0. The molecule has 0 saturated carbocycles. The van der Waals surface area contributed by atoms with Gasteiger partial charge in [-0.15, -0.1) is 0 Å². The molecule has 17 nitrogen and oxygen atoms in total. The topological polar surface area (TPSA) is 237 Å². The highest BCUT2D eigenvalue weighted by Gasteiger charge is 2.30. The average Bonchev–Trinajstić information content (AvgIpc) is 3.53. The molecular weight excluding hydrogens is 1210 g/mol. The first-order chi connectivity index (χ1) is 44.1. The van der Waals surface area contributed by atoms with Crippen LogP contribution in [0.15, 0.2) is 0 Å². The summed E-state index contributed by atoms with van der Waals surface area (Å²) in [6.07, 6.45) is 45.9. The van der Waals surface area contributed by atoms with Gasteiger partial charge in [-0.05, 0) is 49.4 Å². The molecule has 0 aliphatic rings. The van der Waals surface area contributed by atoms with E-state index >= 15 is 0 Å². The van der Waals surface area contributed by atoms with E-state index < -0.39 is 97.5 Å². The van der Waals surface area contributed by atoms with Crippen LogP contribution in [0, 0.1) is 23.7 Å². The third-order valence-electron chi connectivity index (χ3n) is 17.2. The van der Waals surface area contributed by atoms with Crippen molar-refractivity contribution in [2.75, 3.05) is 39.6 Å². The summed E-state index contributed by atoms with van der Waals surface area (Å²) in [6, 6.07) is 0. The lowest BCUT2D eigenvalue weighted by molar-refractivity contribution is -0.161. The Labute approximate surface area is 562 Å². The van der Waals surface area contributed by atoms with Gasteiger partial charge >= 0.3 is 39.5 Å². The van der Waals surface area contributed by atoms with Gasteiger partial charge in [-0.1, -0.05) is 312 Å². The number of rotatable bonds is 70. The second-order valence-corrected chi connectivity index (χ2v) is 30.9. The molecule has 0 saturated heterocycles. The largest absolute Gasteiger partial charge is 0.472 e. The van der Waals surface area contributed by atoms with Crippen molar-refractivity contribution >= 4 is 39.5 Å². The molecule has 546 valence electrons. The molecule has 3 unspecified atom stereocenters. The fourth-order valence-electron chi connectivity index (χ4n) is 11.0. The number of aliphatic hydroxyl groups is 1. The van der Waals surface area contributed by atoms with Crippen LogP contribution < -0.4 is 0 Å². The molecule has 0 radical (unpaired) electrons. The standard InChI is InChI=1S/C73H142O17P2/c1-9-66(8)52-44-36-27-23-24-28-37-45-53-70(75)83-59-68(89-72(77)55-47-39-29-21-17-12-10-11-15-19-25-33-41-49-63(2)3)61-87-91(79,80)85-57-67(74)58-86-92(81,82)88-62-69(60-84-71(76)54-46-38-32-31-35-43-51-65(6)7)90-73(78)56-48-40-30-22-18-14-13-16-20-26-34-42-50-64(4)5/h63-69,74H,9-62H2,1-8H3,(H,79,80)(H,81,82)/t66?,67-,68-,69-/m1/s1. The van der Waals surface area contributed by atoms with E-state index in [0.29, 0.717) is 31.6 Å². The van der Waals surface area contributed by atoms with Gasteiger partial charge in [0.2, 0.25) is 0 Å². The van der Waals surface area contributed by atoms with Gasteiger partial charge in [0.1, 0.15) is 19.3 Å². The quantitative estimate of drug-likeness (QED) is 0.0222. The average molecular weight is 1350 g/mol. The Balaban J connectivity index is 5.24. The number of ether oxygens (including phenoxy) is 4. The SMILES string of the molecule is CCC(C)CCCCCCCCCCC(=O)OC[C@H](COP(=O)(O)OC[C@@H](O)COP(=O)(O)OC[C@@H](COC(=O)CCCCCCCCC(C)C)OC(=O)CCCCCCCCCCCCCCC(C)C)OC(=O)CCCCCCCCCCCCCCCC(C)C. The molecule has 0 aromatic rings. The van der Waals surface area contributed by atoms with E-state index in [-0.39, 0.29) is 25.7 Å². The summed E-state index contributed by atoms with van der Waals surface area (Å²) in [4.78, 5) is 72.7. The molecule has 92 heavy (non-hydrogen) atoms. The van der Waals surface area contributed by atoms with E-state index in [2.05, 4.69) is 55.4 Å². The number of esters is 4. The summed E-state index contributed by atoms with van der Waals surface area (Å²) in [7, 11) is -9.91. The molecule has 0 aromatic heterocycles. The summed E-state index contributed by atoms with van der Waals surface area (Å²) < 4.78 is 68.4. The van der Waals surface area contributed by atoms with Crippen LogP contribution in [0.4, 0.5) is 0 Å². The molecule has 6 atom stereocenters. The van der Waals surface area contributed by atoms with Crippen LogP contribution in [-0.4, -0.2) is 96.7 Å². The van der Waals surface area contributed by atoms with Crippen LogP contribution in [0.5, 0.6) is 0 Å². The predicted octanol–water partition coefficient (Wildman–Crippen LogP) is 20.9. The molecule has 0 bridgehead atoms. The monoisotopic (exact) mass is 1350 g/mol. The zero-order chi connectivity index (χ0) is 68.2. The maximum absolute atomic E-state index is 13.0. The molecular formula is C73H142O17P2. The van der Waals surface area contributed by atoms with Crippen LogP contribution >= 0.6 is 15.6 Å². The Morgan fingerprint density at radius 1 is 0.304 bits per heavy atom. The third kappa shape index (κ3) is 65.4. The van der Waals surface area contributed by atoms with Crippen LogP contribution in [0.3, 0.4) is 0 Å². The molecule has 3 N–H and O–H groups in total. The van der Waals surface area contributed by atoms with Crippen molar-refractivity contribution in [3.05, 3.63) is 0 Å². The molecule has 0 fully saturated rings. The number of unbranched alkanes of at least 4 members (excludes halogenated alkanes) is 35. The number of hydrogen-bond donors (Lipinski definition) is 3. The number of carbonyl (C=O) groups is 4. The minimum absolute atomic E-state index is 0.105. The van der Waals surface area contributed by atoms with Gasteiger partial charge in [-0.3, -0.25) is 37.3 Å². The van der Waals surface area contributed by atoms with Crippen molar-refractivity contribution in [3.8, 4) is 0 Å². The van der Waals surface area contributed by atoms with Crippen LogP contribution in [0.25, 0.3) is 0 Å². The van der Waals surface area contributed by atoms with E-state index in [0.717, 1.165) is 114 Å². The van der Waals surface area contributed by atoms with Gasteiger partial charge in [0.25, 0.3) is 0 Å². The van der Waals surface area contributed by atoms with Gasteiger partial charge in [0, 0.05) is 25.7 Å². The highest BCUT2D eigenvalue weighted by Crippen LogP contribution is 2.45. The number of carbonyl (C=O) groups excluding carboxylic acids is 4. The van der Waals surface area contributed by atoms with Gasteiger partial charge in [-0.25, -0.2) is 9.13 Å². The molecule has 0 aliphatic carbocycles. The molecule has 0 rings (SSSR count). The van der Waals surface area contributed by atoms with Crippen molar-refractivity contribution in [1.82, 2.24) is 0 Å². The maximum atomic E-state index is 13.0. The van der Waals surface area contributed by atoms with Crippen molar-refractivity contribution in [3.63, 3.8) is 0 Å². The molecule has 0 amide bonds. The van der Waals surface area contributed by atoms with E-state index in [9.17, 15) is 43.2 Å². The van der Waals surface area contributed by atoms with E-state index in [1.807, 2.05) is 0 Å². The van der Waals surface area contributed by atoms with E-state index in [1.165, 1.54) is 161 Å². The van der Waals surface area contributed by atoms with E-state index in [4.69, 9.17) is 37.0 Å². The lowest BCUT2D eigenvalue weighted by atomic mass is 9.99. The summed E-state index contributed by atoms with van der Waals surface area (Å²) in [5.74, 6) is 0.894. The number of phosphoric ester groups is 2. The Morgan fingerprint density at radius 3 is 0.772 bits per heavy atom. The third-order valence-corrected chi connectivity index (χ3v) is 19.1. The maximum Gasteiger partial charge on any atom is 0.472 e. The first-order valence-electron chi connectivity index (χ1n) is 37.7. The smallest absolute Gasteiger partial charge is 0.462 e. The first kappa shape index (κ1) is 90.1. The number of aliphatic hydroxyl groups excluding tert-OH is 1.